The van der Waals surface area contributed by atoms with Crippen LogP contribution < -0.4 is 10.1 Å². The molecule has 0 aliphatic rings. The first kappa shape index (κ1) is 21.0. The third kappa shape index (κ3) is 4.29. The van der Waals surface area contributed by atoms with Crippen LogP contribution in [-0.2, 0) is 6.18 Å². The van der Waals surface area contributed by atoms with Gasteiger partial charge in [0.1, 0.15) is 11.3 Å². The van der Waals surface area contributed by atoms with E-state index >= 15 is 0 Å². The van der Waals surface area contributed by atoms with Gasteiger partial charge in [-0.15, -0.1) is 0 Å². The molecular weight excluding hydrogens is 425 g/mol. The van der Waals surface area contributed by atoms with Gasteiger partial charge in [0.25, 0.3) is 5.91 Å². The predicted molar refractivity (Wildman–Crippen MR) is 109 cm³/mol. The molecule has 0 aliphatic carbocycles. The van der Waals surface area contributed by atoms with E-state index in [0.717, 1.165) is 12.1 Å². The zero-order chi connectivity index (χ0) is 22.9. The van der Waals surface area contributed by atoms with Crippen molar-refractivity contribution < 1.29 is 27.5 Å². The lowest BCUT2D eigenvalue weighted by atomic mass is 10.1. The second-order valence-corrected chi connectivity index (χ2v) is 6.87. The van der Waals surface area contributed by atoms with Crippen molar-refractivity contribution in [2.75, 3.05) is 5.32 Å². The summed E-state index contributed by atoms with van der Waals surface area (Å²) in [5, 5.41) is 6.47. The number of hydrogen-bond acceptors (Lipinski definition) is 5. The second kappa shape index (κ2) is 8.14. The minimum Gasteiger partial charge on any atom is -0.423 e. The maximum absolute atomic E-state index is 12.9. The second-order valence-electron chi connectivity index (χ2n) is 6.87. The van der Waals surface area contributed by atoms with E-state index < -0.39 is 23.6 Å². The first-order valence-electron chi connectivity index (χ1n) is 9.31. The Morgan fingerprint density at radius 3 is 2.69 bits per heavy atom. The van der Waals surface area contributed by atoms with Gasteiger partial charge in [0, 0.05) is 23.6 Å². The molecule has 32 heavy (non-hydrogen) atoms. The Balaban J connectivity index is 1.55. The average Bonchev–Trinajstić information content (AvgIpc) is 3.19. The number of aromatic nitrogens is 3. The van der Waals surface area contributed by atoms with E-state index in [2.05, 4.69) is 15.4 Å². The number of fused-ring (bicyclic) bond motifs is 1. The van der Waals surface area contributed by atoms with Gasteiger partial charge in [-0.2, -0.15) is 18.3 Å². The first-order chi connectivity index (χ1) is 15.2. The van der Waals surface area contributed by atoms with Gasteiger partial charge in [-0.25, -0.2) is 9.31 Å². The van der Waals surface area contributed by atoms with E-state index in [1.54, 1.807) is 19.2 Å². The van der Waals surface area contributed by atoms with Crippen LogP contribution in [0.1, 0.15) is 31.8 Å². The summed E-state index contributed by atoms with van der Waals surface area (Å²) in [7, 11) is 0. The van der Waals surface area contributed by atoms with Gasteiger partial charge in [0.2, 0.25) is 0 Å². The van der Waals surface area contributed by atoms with Crippen molar-refractivity contribution >= 4 is 23.1 Å². The quantitative estimate of drug-likeness (QED) is 0.372. The number of anilines is 1. The molecule has 10 heteroatoms. The molecule has 7 nitrogen and oxygen atoms in total. The molecular formula is C22H15F3N4O3. The van der Waals surface area contributed by atoms with Crippen LogP contribution in [0.4, 0.5) is 18.9 Å². The molecule has 1 N–H and O–H groups in total. The first-order valence-corrected chi connectivity index (χ1v) is 9.31. The van der Waals surface area contributed by atoms with Crippen LogP contribution in [0.3, 0.4) is 0 Å². The zero-order valence-electron chi connectivity index (χ0n) is 16.6. The van der Waals surface area contributed by atoms with Crippen molar-refractivity contribution in [1.29, 1.82) is 0 Å². The van der Waals surface area contributed by atoms with E-state index in [9.17, 15) is 22.8 Å². The molecule has 0 saturated heterocycles. The highest BCUT2D eigenvalue weighted by Gasteiger charge is 2.30. The Morgan fingerprint density at radius 1 is 1.09 bits per heavy atom. The molecule has 0 aliphatic heterocycles. The maximum Gasteiger partial charge on any atom is 0.416 e. The van der Waals surface area contributed by atoms with Crippen molar-refractivity contribution in [2.24, 2.45) is 0 Å². The Hall–Kier alpha value is -4.21. The van der Waals surface area contributed by atoms with Crippen LogP contribution in [0, 0.1) is 6.92 Å². The van der Waals surface area contributed by atoms with Gasteiger partial charge in [-0.05, 0) is 42.8 Å². The van der Waals surface area contributed by atoms with E-state index in [1.165, 1.54) is 47.4 Å². The molecule has 0 unspecified atom stereocenters. The standard InChI is InChI=1S/C22H15F3N4O3/c1-13-5-6-14(20(30)28-16-4-2-3-15(10-16)22(23,24)25)9-19(13)32-21(31)17-11-27-29-8-7-26-12-18(17)29/h2-12H,1H3,(H,28,30). The molecule has 0 atom stereocenters. The van der Waals surface area contributed by atoms with Crippen LogP contribution in [0.25, 0.3) is 5.52 Å². The van der Waals surface area contributed by atoms with Crippen molar-refractivity contribution in [2.45, 2.75) is 13.1 Å². The number of alkyl halides is 3. The summed E-state index contributed by atoms with van der Waals surface area (Å²) in [5.41, 5.74) is 0.449. The summed E-state index contributed by atoms with van der Waals surface area (Å²) >= 11 is 0. The molecule has 162 valence electrons. The highest BCUT2D eigenvalue weighted by atomic mass is 19.4. The van der Waals surface area contributed by atoms with Crippen LogP contribution in [0.2, 0.25) is 0 Å². The minimum atomic E-state index is -4.53. The largest absolute Gasteiger partial charge is 0.423 e. The van der Waals surface area contributed by atoms with Crippen LogP contribution in [0.5, 0.6) is 5.75 Å². The van der Waals surface area contributed by atoms with Gasteiger partial charge < -0.3 is 10.1 Å². The SMILES string of the molecule is Cc1ccc(C(=O)Nc2cccc(C(F)(F)F)c2)cc1OC(=O)c1cnn2ccncc12. The number of nitrogens with zero attached hydrogens (tertiary/aromatic N) is 3. The summed E-state index contributed by atoms with van der Waals surface area (Å²) in [5.74, 6) is -1.21. The molecule has 0 fully saturated rings. The molecule has 0 saturated carbocycles. The lowest BCUT2D eigenvalue weighted by Crippen LogP contribution is -2.14. The number of hydrogen-bond donors (Lipinski definition) is 1. The highest BCUT2D eigenvalue weighted by molar-refractivity contribution is 6.05. The van der Waals surface area contributed by atoms with E-state index in [1.807, 2.05) is 0 Å². The summed E-state index contributed by atoms with van der Waals surface area (Å²) in [6, 6.07) is 8.70. The van der Waals surface area contributed by atoms with Gasteiger partial charge in [0.05, 0.1) is 23.5 Å². The fraction of sp³-hybridized carbons (Fsp3) is 0.0909. The van der Waals surface area contributed by atoms with E-state index in [4.69, 9.17) is 4.74 Å². The minimum absolute atomic E-state index is 0.0113. The number of esters is 1. The Morgan fingerprint density at radius 2 is 1.91 bits per heavy atom. The smallest absolute Gasteiger partial charge is 0.416 e. The molecule has 2 aromatic carbocycles. The molecule has 2 aromatic heterocycles. The molecule has 4 aromatic rings. The fourth-order valence-electron chi connectivity index (χ4n) is 2.97. The summed E-state index contributed by atoms with van der Waals surface area (Å²) in [4.78, 5) is 29.2. The van der Waals surface area contributed by atoms with Crippen molar-refractivity contribution in [3.63, 3.8) is 0 Å². The monoisotopic (exact) mass is 440 g/mol. The van der Waals surface area contributed by atoms with Gasteiger partial charge in [-0.1, -0.05) is 12.1 Å². The number of amides is 1. The lowest BCUT2D eigenvalue weighted by Gasteiger charge is -2.11. The average molecular weight is 440 g/mol. The van der Waals surface area contributed by atoms with Crippen molar-refractivity contribution in [1.82, 2.24) is 14.6 Å². The number of carbonyl (C=O) groups is 2. The molecule has 0 radical (unpaired) electrons. The maximum atomic E-state index is 12.9. The van der Waals surface area contributed by atoms with Crippen molar-refractivity contribution in [3.8, 4) is 5.75 Å². The number of nitrogens with one attached hydrogen (secondary N) is 1. The topological polar surface area (TPSA) is 85.6 Å². The predicted octanol–water partition coefficient (Wildman–Crippen LogP) is 4.53. The zero-order valence-corrected chi connectivity index (χ0v) is 16.6. The van der Waals surface area contributed by atoms with Gasteiger partial charge in [-0.3, -0.25) is 9.78 Å². The van der Waals surface area contributed by atoms with Crippen molar-refractivity contribution in [3.05, 3.63) is 89.5 Å². The molecule has 2 heterocycles. The van der Waals surface area contributed by atoms with Gasteiger partial charge >= 0.3 is 12.1 Å². The fourth-order valence-corrected chi connectivity index (χ4v) is 2.97. The number of aryl methyl sites for hydroxylation is 1. The number of carbonyl (C=O) groups excluding carboxylic acids is 2. The Labute approximate surface area is 179 Å². The summed E-state index contributed by atoms with van der Waals surface area (Å²) in [6.07, 6.45) is 1.38. The molecule has 0 bridgehead atoms. The Bertz CT molecular complexity index is 1330. The van der Waals surface area contributed by atoms with Gasteiger partial charge in [0.15, 0.2) is 0 Å². The van der Waals surface area contributed by atoms with Crippen LogP contribution in [-0.4, -0.2) is 26.5 Å². The number of ether oxygens (including phenoxy) is 1. The normalized spacial score (nSPS) is 11.4. The van der Waals surface area contributed by atoms with Crippen LogP contribution in [0.15, 0.2) is 67.3 Å². The Kier molecular flexibility index (Phi) is 5.35. The highest BCUT2D eigenvalue weighted by Crippen LogP contribution is 2.31. The number of halogens is 3. The van der Waals surface area contributed by atoms with E-state index in [-0.39, 0.29) is 22.6 Å². The summed E-state index contributed by atoms with van der Waals surface area (Å²) in [6.45, 7) is 1.69. The molecule has 0 spiro atoms. The van der Waals surface area contributed by atoms with E-state index in [0.29, 0.717) is 11.1 Å². The van der Waals surface area contributed by atoms with Crippen LogP contribution >= 0.6 is 0 Å². The number of rotatable bonds is 4. The third-order valence-corrected chi connectivity index (χ3v) is 4.65. The summed E-state index contributed by atoms with van der Waals surface area (Å²) < 4.78 is 45.6. The molecule has 4 rings (SSSR count). The third-order valence-electron chi connectivity index (χ3n) is 4.65. The number of benzene rings is 2. The molecule has 1 amide bonds. The lowest BCUT2D eigenvalue weighted by molar-refractivity contribution is -0.137.